The van der Waals surface area contributed by atoms with Gasteiger partial charge in [-0.2, -0.15) is 0 Å². The van der Waals surface area contributed by atoms with Crippen molar-refractivity contribution < 1.29 is 26.6 Å². The first-order valence-electron chi connectivity index (χ1n) is 7.97. The Morgan fingerprint density at radius 2 is 1.07 bits per heavy atom. The first-order valence-corrected chi connectivity index (χ1v) is 21.6. The van der Waals surface area contributed by atoms with Crippen molar-refractivity contribution in [3.05, 3.63) is 0 Å². The summed E-state index contributed by atoms with van der Waals surface area (Å²) in [6.07, 6.45) is 2.07. The number of hydrogen-bond donors (Lipinski definition) is 4. The van der Waals surface area contributed by atoms with Crippen molar-refractivity contribution in [3.63, 3.8) is 0 Å². The highest BCUT2D eigenvalue weighted by molar-refractivity contribution is 9.57. The van der Waals surface area contributed by atoms with Crippen molar-refractivity contribution in [2.45, 2.75) is 32.7 Å². The van der Waals surface area contributed by atoms with Gasteiger partial charge in [-0.1, -0.05) is 51.1 Å². The first-order chi connectivity index (χ1) is 12.9. The van der Waals surface area contributed by atoms with E-state index in [1.54, 1.807) is 62.3 Å². The lowest BCUT2D eigenvalue weighted by atomic mass is 10.6. The highest BCUT2D eigenvalue weighted by atomic mass is 34.0. The average Bonchev–Trinajstić information content (AvgIpc) is 2.69. The van der Waals surface area contributed by atoms with Crippen LogP contribution in [0.15, 0.2) is 0 Å². The van der Waals surface area contributed by atoms with Crippen LogP contribution >= 0.6 is 70.2 Å². The summed E-state index contributed by atoms with van der Waals surface area (Å²) in [5.74, 6) is 0.991. The third-order valence-corrected chi connectivity index (χ3v) is 35.9. The molecule has 0 atom stereocenters. The van der Waals surface area contributed by atoms with Crippen molar-refractivity contribution in [3.8, 4) is 0 Å². The minimum absolute atomic E-state index is 0. The normalized spacial score (nSPS) is 12.3. The summed E-state index contributed by atoms with van der Waals surface area (Å²) in [4.78, 5) is 0. The van der Waals surface area contributed by atoms with Gasteiger partial charge in [-0.05, 0) is 51.5 Å². The van der Waals surface area contributed by atoms with Crippen LogP contribution in [0, 0.1) is 0 Å². The molecular weight excluding hydrogens is 549 g/mol. The molecule has 184 valence electrons. The topological polar surface area (TPSA) is 125 Å². The van der Waals surface area contributed by atoms with Gasteiger partial charge in [0.05, 0.1) is 0 Å². The monoisotopic (exact) mass is 588 g/mol. The second-order valence-corrected chi connectivity index (χ2v) is 28.5. The molecule has 0 aromatic rings. The van der Waals surface area contributed by atoms with Crippen molar-refractivity contribution >= 4 is 86.9 Å². The smallest absolute Gasteiger partial charge is 0.377 e. The van der Waals surface area contributed by atoms with E-state index in [0.29, 0.717) is 0 Å². The summed E-state index contributed by atoms with van der Waals surface area (Å²) in [5.41, 5.74) is 0. The molecule has 0 aromatic heterocycles. The third-order valence-electron chi connectivity index (χ3n) is 3.37. The maximum absolute atomic E-state index is 5.65. The zero-order valence-electron chi connectivity index (χ0n) is 18.6. The van der Waals surface area contributed by atoms with Crippen molar-refractivity contribution in [1.82, 2.24) is 12.3 Å². The third kappa shape index (κ3) is 12.0. The maximum Gasteiger partial charge on any atom is 0.575 e. The Morgan fingerprint density at radius 3 is 1.24 bits per heavy atom. The van der Waals surface area contributed by atoms with E-state index >= 15 is 0 Å². The molecule has 0 radical (unpaired) electrons. The molecular formula is C12H40N2O6S7Si2. The van der Waals surface area contributed by atoms with Crippen molar-refractivity contribution in [2.24, 2.45) is 0 Å². The molecule has 8 nitrogen and oxygen atoms in total. The Kier molecular flexibility index (Phi) is 29.9. The summed E-state index contributed by atoms with van der Waals surface area (Å²) >= 11 is 8.51. The Labute approximate surface area is 205 Å². The van der Waals surface area contributed by atoms with Crippen LogP contribution in [0.4, 0.5) is 0 Å². The van der Waals surface area contributed by atoms with Gasteiger partial charge in [-0.3, -0.25) is 0 Å². The zero-order chi connectivity index (χ0) is 21.4. The molecule has 0 amide bonds. The SMILES string of the molecule is CCCS(SSS)(SSS)[Si](OC)(OC)OC.CCC[Si](OC)(OC)OC.N.N. The van der Waals surface area contributed by atoms with Crippen LogP contribution in [0.2, 0.25) is 6.04 Å². The molecule has 6 N–H and O–H groups in total. The molecule has 0 unspecified atom stereocenters. The van der Waals surface area contributed by atoms with Gasteiger partial charge in [0.1, 0.15) is 0 Å². The maximum atomic E-state index is 5.65. The number of thiol groups is 2. The largest absolute Gasteiger partial charge is 0.575 e. The van der Waals surface area contributed by atoms with E-state index in [1.807, 2.05) is 0 Å². The van der Waals surface area contributed by atoms with Gasteiger partial charge in [0.25, 0.3) is 0 Å². The lowest BCUT2D eigenvalue weighted by Crippen LogP contribution is -2.46. The van der Waals surface area contributed by atoms with Gasteiger partial charge >= 0.3 is 16.8 Å². The molecule has 0 spiro atoms. The van der Waals surface area contributed by atoms with Gasteiger partial charge in [-0.15, -0.1) is 0 Å². The number of hydrogen-bond acceptors (Lipinski definition) is 14. The molecule has 29 heavy (non-hydrogen) atoms. The molecule has 17 heteroatoms. The Balaban J connectivity index is -0.000000226. The molecule has 0 rings (SSSR count). The van der Waals surface area contributed by atoms with Crippen LogP contribution in [0.3, 0.4) is 0 Å². The molecule has 0 aromatic carbocycles. The van der Waals surface area contributed by atoms with E-state index in [0.717, 1.165) is 24.6 Å². The van der Waals surface area contributed by atoms with E-state index in [9.17, 15) is 0 Å². The Hall–Kier alpha value is 2.56. The average molecular weight is 589 g/mol. The molecule has 0 fully saturated rings. The number of rotatable bonds is 15. The zero-order valence-corrected chi connectivity index (χ0v) is 26.5. The molecule has 0 aliphatic heterocycles. The summed E-state index contributed by atoms with van der Waals surface area (Å²) in [6.45, 7) is 4.23. The van der Waals surface area contributed by atoms with E-state index < -0.39 is 24.3 Å². The molecule has 0 aliphatic rings. The summed E-state index contributed by atoms with van der Waals surface area (Å²) < 4.78 is 32.5. The summed E-state index contributed by atoms with van der Waals surface area (Å²) in [5, 5.41) is 0. The molecule has 0 bridgehead atoms. The van der Waals surface area contributed by atoms with Crippen molar-refractivity contribution in [2.75, 3.05) is 48.4 Å². The second-order valence-electron chi connectivity index (χ2n) is 4.76. The molecule has 0 saturated carbocycles. The van der Waals surface area contributed by atoms with Gasteiger partial charge in [0.2, 0.25) is 0 Å². The van der Waals surface area contributed by atoms with Crippen LogP contribution in [0.25, 0.3) is 0 Å². The fraction of sp³-hybridized carbons (Fsp3) is 1.00. The Morgan fingerprint density at radius 1 is 0.690 bits per heavy atom. The molecule has 0 saturated heterocycles. The minimum atomic E-state index is -2.69. The second kappa shape index (κ2) is 22.4. The van der Waals surface area contributed by atoms with Crippen LogP contribution in [0.5, 0.6) is 0 Å². The van der Waals surface area contributed by atoms with Crippen LogP contribution < -0.4 is 12.3 Å². The highest BCUT2D eigenvalue weighted by Crippen LogP contribution is 2.81. The van der Waals surface area contributed by atoms with E-state index in [-0.39, 0.29) is 12.3 Å². The molecule has 0 aliphatic carbocycles. The lowest BCUT2D eigenvalue weighted by molar-refractivity contribution is 0.123. The van der Waals surface area contributed by atoms with Gasteiger partial charge in [0.15, 0.2) is 0 Å². The molecule has 0 heterocycles. The lowest BCUT2D eigenvalue weighted by Gasteiger charge is -2.44. The van der Waals surface area contributed by atoms with E-state index in [2.05, 4.69) is 37.2 Å². The van der Waals surface area contributed by atoms with Gasteiger partial charge < -0.3 is 38.9 Å². The summed E-state index contributed by atoms with van der Waals surface area (Å²) in [7, 11) is 9.91. The highest BCUT2D eigenvalue weighted by Gasteiger charge is 2.58. The fourth-order valence-electron chi connectivity index (χ4n) is 2.15. The summed E-state index contributed by atoms with van der Waals surface area (Å²) in [6, 6.07) is 0.885. The van der Waals surface area contributed by atoms with E-state index in [1.165, 1.54) is 19.7 Å². The van der Waals surface area contributed by atoms with Crippen LogP contribution in [-0.4, -0.2) is 65.2 Å². The minimum Gasteiger partial charge on any atom is -0.377 e. The Bertz CT molecular complexity index is 331. The fourth-order valence-corrected chi connectivity index (χ4v) is 42.2. The predicted octanol–water partition coefficient (Wildman–Crippen LogP) is 6.46. The van der Waals surface area contributed by atoms with Crippen LogP contribution in [-0.2, 0) is 26.6 Å². The van der Waals surface area contributed by atoms with Gasteiger partial charge in [-0.25, -0.2) is 0 Å². The van der Waals surface area contributed by atoms with Crippen molar-refractivity contribution in [1.29, 1.82) is 0 Å². The standard InChI is InChI=1S/C6H18O3S7Si.C6H16O3Si.2H3N/c1-5-6-16(14-12-10,15-13-11)17(7-2,8-3)9-4;1-5-6-10(7-2,8-3)9-4;;/h10-11H,5-6H2,1-4H3;5-6H2,1-4H3;2*1H3. The quantitative estimate of drug-likeness (QED) is 0.0953. The van der Waals surface area contributed by atoms with E-state index in [4.69, 9.17) is 26.6 Å². The predicted molar refractivity (Wildman–Crippen MR) is 150 cm³/mol. The first kappa shape index (κ1) is 38.8. The van der Waals surface area contributed by atoms with Gasteiger partial charge in [0, 0.05) is 48.7 Å². The van der Waals surface area contributed by atoms with Crippen LogP contribution in [0.1, 0.15) is 26.7 Å².